The molecule has 92 valence electrons. The lowest BCUT2D eigenvalue weighted by atomic mass is 9.74. The summed E-state index contributed by atoms with van der Waals surface area (Å²) in [7, 11) is 1.35. The molecule has 3 aliphatic rings. The molecule has 0 aromatic heterocycles. The maximum atomic E-state index is 11.9. The maximum Gasteiger partial charge on any atom is 0.313 e. The Kier molecular flexibility index (Phi) is 2.09. The van der Waals surface area contributed by atoms with Crippen molar-refractivity contribution in [1.29, 1.82) is 0 Å². The van der Waals surface area contributed by atoms with Gasteiger partial charge in [-0.15, -0.1) is 0 Å². The Bertz CT molecular complexity index is 415. The van der Waals surface area contributed by atoms with Crippen molar-refractivity contribution in [3.05, 3.63) is 0 Å². The second-order valence-corrected chi connectivity index (χ2v) is 5.23. The number of methoxy groups -OCH3 is 1. The van der Waals surface area contributed by atoms with E-state index < -0.39 is 5.41 Å². The van der Waals surface area contributed by atoms with Crippen LogP contribution in [-0.4, -0.2) is 31.4 Å². The smallest absolute Gasteiger partial charge is 0.313 e. The number of carbonyl (C=O) groups is 3. The molecule has 2 saturated carbocycles. The zero-order valence-corrected chi connectivity index (χ0v) is 9.60. The molecule has 0 radical (unpaired) electrons. The summed E-state index contributed by atoms with van der Waals surface area (Å²) in [6, 6.07) is 0. The predicted octanol–water partition coefficient (Wildman–Crippen LogP) is 0.318. The Morgan fingerprint density at radius 1 is 1.47 bits per heavy atom. The number of ether oxygens (including phenoxy) is 2. The van der Waals surface area contributed by atoms with Gasteiger partial charge in [-0.1, -0.05) is 0 Å². The van der Waals surface area contributed by atoms with Gasteiger partial charge in [-0.3, -0.25) is 14.4 Å². The van der Waals surface area contributed by atoms with Gasteiger partial charge in [0, 0.05) is 18.8 Å². The summed E-state index contributed by atoms with van der Waals surface area (Å²) in [6.45, 7) is 0.252. The van der Waals surface area contributed by atoms with Crippen LogP contribution in [0.15, 0.2) is 0 Å². The topological polar surface area (TPSA) is 69.7 Å². The SMILES string of the molecule is COC(=O)[C@H]1C[C@@H]2CC(=O)C[C@@]23C(=O)OC[C@@H]13. The van der Waals surface area contributed by atoms with Crippen LogP contribution in [0.3, 0.4) is 0 Å². The van der Waals surface area contributed by atoms with E-state index in [1.54, 1.807) is 0 Å². The molecule has 17 heavy (non-hydrogen) atoms. The second-order valence-electron chi connectivity index (χ2n) is 5.23. The first-order valence-corrected chi connectivity index (χ1v) is 5.86. The third kappa shape index (κ3) is 1.17. The number of rotatable bonds is 1. The Morgan fingerprint density at radius 2 is 2.24 bits per heavy atom. The van der Waals surface area contributed by atoms with Crippen molar-refractivity contribution in [2.24, 2.45) is 23.2 Å². The molecular formula is C12H14O5. The van der Waals surface area contributed by atoms with Crippen LogP contribution in [-0.2, 0) is 23.9 Å². The Labute approximate surface area is 98.4 Å². The first-order chi connectivity index (χ1) is 8.09. The van der Waals surface area contributed by atoms with E-state index in [1.165, 1.54) is 7.11 Å². The van der Waals surface area contributed by atoms with Gasteiger partial charge in [0.25, 0.3) is 0 Å². The van der Waals surface area contributed by atoms with Crippen molar-refractivity contribution in [3.8, 4) is 0 Å². The normalized spacial score (nSPS) is 43.2. The highest BCUT2D eigenvalue weighted by Crippen LogP contribution is 2.62. The molecule has 0 bridgehead atoms. The largest absolute Gasteiger partial charge is 0.469 e. The van der Waals surface area contributed by atoms with Gasteiger partial charge < -0.3 is 9.47 Å². The van der Waals surface area contributed by atoms with E-state index in [2.05, 4.69) is 0 Å². The summed E-state index contributed by atoms with van der Waals surface area (Å²) in [6.07, 6.45) is 1.23. The summed E-state index contributed by atoms with van der Waals surface area (Å²) in [5.74, 6) is -0.941. The average Bonchev–Trinajstić information content (AvgIpc) is 2.87. The van der Waals surface area contributed by atoms with E-state index in [1.807, 2.05) is 0 Å². The molecule has 1 spiro atoms. The number of esters is 2. The Morgan fingerprint density at radius 3 is 2.94 bits per heavy atom. The van der Waals surface area contributed by atoms with Crippen molar-refractivity contribution in [2.45, 2.75) is 19.3 Å². The molecule has 5 nitrogen and oxygen atoms in total. The molecule has 5 heteroatoms. The minimum Gasteiger partial charge on any atom is -0.469 e. The summed E-state index contributed by atoms with van der Waals surface area (Å²) < 4.78 is 9.87. The number of Topliss-reactive ketones (excluding diaryl/α,β-unsaturated/α-hetero) is 1. The average molecular weight is 238 g/mol. The molecule has 3 rings (SSSR count). The fourth-order valence-electron chi connectivity index (χ4n) is 3.92. The highest BCUT2D eigenvalue weighted by atomic mass is 16.5. The van der Waals surface area contributed by atoms with E-state index in [-0.39, 0.29) is 48.5 Å². The van der Waals surface area contributed by atoms with Crippen LogP contribution in [0.25, 0.3) is 0 Å². The van der Waals surface area contributed by atoms with Gasteiger partial charge in [-0.25, -0.2) is 0 Å². The van der Waals surface area contributed by atoms with Gasteiger partial charge in [0.15, 0.2) is 0 Å². The van der Waals surface area contributed by atoms with Crippen LogP contribution < -0.4 is 0 Å². The Balaban J connectivity index is 1.99. The van der Waals surface area contributed by atoms with Gasteiger partial charge >= 0.3 is 11.9 Å². The van der Waals surface area contributed by atoms with Crippen molar-refractivity contribution in [2.75, 3.05) is 13.7 Å². The molecule has 2 aliphatic carbocycles. The molecule has 1 saturated heterocycles. The molecule has 0 unspecified atom stereocenters. The molecule has 0 N–H and O–H groups in total. The van der Waals surface area contributed by atoms with Crippen molar-refractivity contribution < 1.29 is 23.9 Å². The van der Waals surface area contributed by atoms with Crippen molar-refractivity contribution in [1.82, 2.24) is 0 Å². The molecule has 0 aromatic carbocycles. The van der Waals surface area contributed by atoms with Gasteiger partial charge in [0.2, 0.25) is 0 Å². The third-order valence-electron chi connectivity index (χ3n) is 4.66. The zero-order valence-electron chi connectivity index (χ0n) is 9.60. The monoisotopic (exact) mass is 238 g/mol. The van der Waals surface area contributed by atoms with Gasteiger partial charge in [-0.05, 0) is 12.3 Å². The minimum absolute atomic E-state index is 0.0286. The lowest BCUT2D eigenvalue weighted by Crippen LogP contribution is -2.34. The van der Waals surface area contributed by atoms with E-state index in [4.69, 9.17) is 9.47 Å². The number of hydrogen-bond acceptors (Lipinski definition) is 5. The molecular weight excluding hydrogens is 224 g/mol. The van der Waals surface area contributed by atoms with Crippen LogP contribution in [0.5, 0.6) is 0 Å². The zero-order chi connectivity index (χ0) is 12.2. The van der Waals surface area contributed by atoms with E-state index in [9.17, 15) is 14.4 Å². The van der Waals surface area contributed by atoms with Gasteiger partial charge in [-0.2, -0.15) is 0 Å². The lowest BCUT2D eigenvalue weighted by molar-refractivity contribution is -0.148. The molecule has 0 aromatic rings. The van der Waals surface area contributed by atoms with Gasteiger partial charge in [0.1, 0.15) is 5.78 Å². The first-order valence-electron chi connectivity index (χ1n) is 5.86. The van der Waals surface area contributed by atoms with Crippen LogP contribution >= 0.6 is 0 Å². The maximum absolute atomic E-state index is 11.9. The molecule has 0 amide bonds. The lowest BCUT2D eigenvalue weighted by Gasteiger charge is -2.23. The summed E-state index contributed by atoms with van der Waals surface area (Å²) in [5.41, 5.74) is -0.712. The molecule has 1 heterocycles. The number of hydrogen-bond donors (Lipinski definition) is 0. The van der Waals surface area contributed by atoms with E-state index >= 15 is 0 Å². The van der Waals surface area contributed by atoms with Crippen LogP contribution in [0.4, 0.5) is 0 Å². The summed E-state index contributed by atoms with van der Waals surface area (Å²) >= 11 is 0. The number of cyclic esters (lactones) is 1. The fourth-order valence-corrected chi connectivity index (χ4v) is 3.92. The second kappa shape index (κ2) is 3.31. The number of ketones is 1. The molecule has 4 atom stereocenters. The van der Waals surface area contributed by atoms with E-state index in [0.717, 1.165) is 0 Å². The summed E-state index contributed by atoms with van der Waals surface area (Å²) in [4.78, 5) is 35.2. The van der Waals surface area contributed by atoms with Crippen LogP contribution in [0.1, 0.15) is 19.3 Å². The van der Waals surface area contributed by atoms with Crippen molar-refractivity contribution >= 4 is 17.7 Å². The molecule has 3 fully saturated rings. The molecule has 1 aliphatic heterocycles. The summed E-state index contributed by atoms with van der Waals surface area (Å²) in [5, 5.41) is 0. The highest BCUT2D eigenvalue weighted by Gasteiger charge is 2.69. The first kappa shape index (κ1) is 10.7. The minimum atomic E-state index is -0.712. The Hall–Kier alpha value is -1.39. The standard InChI is InChI=1S/C12H14O5/c1-16-10(14)8-3-6-2-7(13)4-12(6)9(8)5-17-11(12)15/h6,8-9H,2-5H2,1H3/t6-,8-,9-,12+/m0/s1. The highest BCUT2D eigenvalue weighted by molar-refractivity contribution is 5.94. The van der Waals surface area contributed by atoms with E-state index in [0.29, 0.717) is 12.8 Å². The van der Waals surface area contributed by atoms with Crippen molar-refractivity contribution in [3.63, 3.8) is 0 Å². The predicted molar refractivity (Wildman–Crippen MR) is 54.7 cm³/mol. The quantitative estimate of drug-likeness (QED) is 0.615. The third-order valence-corrected chi connectivity index (χ3v) is 4.66. The van der Waals surface area contributed by atoms with Crippen LogP contribution in [0, 0.1) is 23.2 Å². The van der Waals surface area contributed by atoms with Crippen LogP contribution in [0.2, 0.25) is 0 Å². The van der Waals surface area contributed by atoms with Gasteiger partial charge in [0.05, 0.1) is 25.0 Å². The number of carbonyl (C=O) groups excluding carboxylic acids is 3. The fraction of sp³-hybridized carbons (Fsp3) is 0.750.